The van der Waals surface area contributed by atoms with Crippen LogP contribution in [-0.4, -0.2) is 30.2 Å². The molecular formula is C3H3BrMgO. The molecule has 1 nitrogen and oxygen atoms in total. The number of hydrogen-bond acceptors (Lipinski definition) is 1. The van der Waals surface area contributed by atoms with E-state index in [1.807, 2.05) is 0 Å². The van der Waals surface area contributed by atoms with Crippen LogP contribution in [0.15, 0.2) is 0 Å². The smallest absolute Gasteiger partial charge is 1.00 e. The van der Waals surface area contributed by atoms with Crippen molar-refractivity contribution in [2.75, 3.05) is 7.11 Å². The van der Waals surface area contributed by atoms with E-state index in [0.717, 1.165) is 0 Å². The molecule has 0 atom stereocenters. The molecule has 0 N–H and O–H groups in total. The second-order valence-electron chi connectivity index (χ2n) is 0.306. The molecular weight excluding hydrogens is 156 g/mol. The minimum Gasteiger partial charge on any atom is -1.00 e. The summed E-state index contributed by atoms with van der Waals surface area (Å²) in [4.78, 5) is 0. The van der Waals surface area contributed by atoms with E-state index in [4.69, 9.17) is 6.42 Å². The Morgan fingerprint density at radius 1 is 1.67 bits per heavy atom. The van der Waals surface area contributed by atoms with Gasteiger partial charge in [0.05, 0.1) is 7.11 Å². The summed E-state index contributed by atoms with van der Waals surface area (Å²) >= 11 is 0. The van der Waals surface area contributed by atoms with Gasteiger partial charge in [0.25, 0.3) is 0 Å². The van der Waals surface area contributed by atoms with Gasteiger partial charge in [0.15, 0.2) is 0 Å². The molecule has 0 bridgehead atoms. The van der Waals surface area contributed by atoms with Crippen molar-refractivity contribution in [2.45, 2.75) is 0 Å². The van der Waals surface area contributed by atoms with Crippen molar-refractivity contribution in [1.82, 2.24) is 0 Å². The maximum atomic E-state index is 5.98. The molecule has 0 amide bonds. The standard InChI is InChI=1S/C3H3O.BrH.Mg/c1-3-4-2;;/h2H3;1H;/q-1;;+2/p-1. The zero-order valence-electron chi connectivity index (χ0n) is 3.49. The number of methoxy groups -OCH3 is 1. The molecule has 0 spiro atoms. The number of halogens is 1. The van der Waals surface area contributed by atoms with Gasteiger partial charge < -0.3 is 28.1 Å². The SMILES string of the molecule is [Br-].[C-]#COC.[Mg+2]. The van der Waals surface area contributed by atoms with Crippen molar-refractivity contribution in [2.24, 2.45) is 0 Å². The molecule has 0 saturated heterocycles. The molecule has 0 aromatic rings. The van der Waals surface area contributed by atoms with Gasteiger partial charge in [-0.05, 0) is 0 Å². The zero-order valence-corrected chi connectivity index (χ0v) is 6.49. The van der Waals surface area contributed by atoms with Gasteiger partial charge in [0, 0.05) is 0 Å². The third-order valence-electron chi connectivity index (χ3n) is 0.102. The van der Waals surface area contributed by atoms with E-state index in [1.165, 1.54) is 7.11 Å². The van der Waals surface area contributed by atoms with Crippen molar-refractivity contribution in [3.8, 4) is 6.11 Å². The number of rotatable bonds is 0. The summed E-state index contributed by atoms with van der Waals surface area (Å²) in [5, 5.41) is 0. The predicted octanol–water partition coefficient (Wildman–Crippen LogP) is -3.20. The first-order valence-electron chi connectivity index (χ1n) is 0.862. The Morgan fingerprint density at radius 2 is 1.83 bits per heavy atom. The summed E-state index contributed by atoms with van der Waals surface area (Å²) in [6, 6.07) is 0. The van der Waals surface area contributed by atoms with E-state index < -0.39 is 0 Å². The van der Waals surface area contributed by atoms with Gasteiger partial charge >= 0.3 is 23.1 Å². The minimum absolute atomic E-state index is 0. The molecule has 0 fully saturated rings. The molecule has 0 unspecified atom stereocenters. The molecule has 0 aromatic heterocycles. The Labute approximate surface area is 64.4 Å². The van der Waals surface area contributed by atoms with E-state index in [1.54, 1.807) is 6.11 Å². The molecule has 0 rings (SSSR count). The minimum atomic E-state index is 0. The van der Waals surface area contributed by atoms with Crippen LogP contribution in [0.1, 0.15) is 0 Å². The summed E-state index contributed by atoms with van der Waals surface area (Å²) in [5.74, 6) is 0. The fourth-order valence-electron chi connectivity index (χ4n) is 0. The molecule has 0 heterocycles. The Hall–Kier alpha value is 0.606. The molecule has 0 aliphatic carbocycles. The van der Waals surface area contributed by atoms with E-state index in [9.17, 15) is 0 Å². The maximum absolute atomic E-state index is 5.98. The summed E-state index contributed by atoms with van der Waals surface area (Å²) in [7, 11) is 1.38. The third kappa shape index (κ3) is 23.2. The molecule has 0 aliphatic heterocycles. The largest absolute Gasteiger partial charge is 2.00 e. The molecule has 0 saturated carbocycles. The maximum Gasteiger partial charge on any atom is 2.00 e. The van der Waals surface area contributed by atoms with Gasteiger partial charge in [-0.1, -0.05) is 0 Å². The second-order valence-corrected chi connectivity index (χ2v) is 0.306. The Kier molecular flexibility index (Phi) is 46.6. The van der Waals surface area contributed by atoms with Crippen LogP contribution in [-0.2, 0) is 4.74 Å². The first-order chi connectivity index (χ1) is 1.91. The van der Waals surface area contributed by atoms with E-state index in [0.29, 0.717) is 0 Å². The van der Waals surface area contributed by atoms with Crippen LogP contribution < -0.4 is 17.0 Å². The van der Waals surface area contributed by atoms with Gasteiger partial charge in [-0.3, -0.25) is 0 Å². The normalized spacial score (nSPS) is 2.67. The van der Waals surface area contributed by atoms with Crippen LogP contribution in [0.25, 0.3) is 0 Å². The Bertz CT molecular complexity index is 40.5. The second kappa shape index (κ2) is 17.5. The molecule has 3 heteroatoms. The molecule has 0 aliphatic rings. The Morgan fingerprint density at radius 3 is 1.83 bits per heavy atom. The van der Waals surface area contributed by atoms with Crippen molar-refractivity contribution in [3.63, 3.8) is 0 Å². The van der Waals surface area contributed by atoms with E-state index >= 15 is 0 Å². The fraction of sp³-hybridized carbons (Fsp3) is 0.333. The zero-order chi connectivity index (χ0) is 3.41. The number of ether oxygens (including phenoxy) is 1. The van der Waals surface area contributed by atoms with E-state index in [-0.39, 0.29) is 40.0 Å². The van der Waals surface area contributed by atoms with Gasteiger partial charge in [0.1, 0.15) is 0 Å². The number of hydrogen-bond donors (Lipinski definition) is 0. The average Bonchev–Trinajstić information content (AvgIpc) is 1.37. The summed E-state index contributed by atoms with van der Waals surface area (Å²) in [5.41, 5.74) is 0. The van der Waals surface area contributed by atoms with Crippen molar-refractivity contribution < 1.29 is 21.7 Å². The summed E-state index contributed by atoms with van der Waals surface area (Å²) in [6.45, 7) is 0. The van der Waals surface area contributed by atoms with Gasteiger partial charge in [0.2, 0.25) is 0 Å². The van der Waals surface area contributed by atoms with Crippen LogP contribution in [0.2, 0.25) is 0 Å². The van der Waals surface area contributed by atoms with Gasteiger partial charge in [-0.2, -0.15) is 6.11 Å². The summed E-state index contributed by atoms with van der Waals surface area (Å²) in [6.07, 6.45) is 7.66. The van der Waals surface area contributed by atoms with Crippen LogP contribution in [0.3, 0.4) is 0 Å². The monoisotopic (exact) mass is 158 g/mol. The molecule has 30 valence electrons. The van der Waals surface area contributed by atoms with Crippen molar-refractivity contribution in [1.29, 1.82) is 0 Å². The van der Waals surface area contributed by atoms with Crippen molar-refractivity contribution >= 4 is 23.1 Å². The van der Waals surface area contributed by atoms with E-state index in [2.05, 4.69) is 4.74 Å². The summed E-state index contributed by atoms with van der Waals surface area (Å²) < 4.78 is 3.96. The van der Waals surface area contributed by atoms with Gasteiger partial charge in [-0.15, -0.1) is 0 Å². The van der Waals surface area contributed by atoms with Gasteiger partial charge in [-0.25, -0.2) is 0 Å². The topological polar surface area (TPSA) is 9.23 Å². The Balaban J connectivity index is -0.0000000450. The van der Waals surface area contributed by atoms with Crippen molar-refractivity contribution in [3.05, 3.63) is 6.42 Å². The molecule has 0 radical (unpaired) electrons. The first-order valence-corrected chi connectivity index (χ1v) is 0.862. The first kappa shape index (κ1) is 16.0. The van der Waals surface area contributed by atoms with Crippen LogP contribution >= 0.6 is 0 Å². The fourth-order valence-corrected chi connectivity index (χ4v) is 0. The molecule has 6 heavy (non-hydrogen) atoms. The predicted molar refractivity (Wildman–Crippen MR) is 19.9 cm³/mol. The average molecular weight is 159 g/mol. The molecule has 0 aromatic carbocycles. The third-order valence-corrected chi connectivity index (χ3v) is 0.102. The van der Waals surface area contributed by atoms with Crippen LogP contribution in [0.5, 0.6) is 0 Å². The van der Waals surface area contributed by atoms with Crippen LogP contribution in [0.4, 0.5) is 0 Å². The quantitative estimate of drug-likeness (QED) is 0.205. The van der Waals surface area contributed by atoms with Crippen LogP contribution in [0, 0.1) is 12.5 Å².